The highest BCUT2D eigenvalue weighted by Gasteiger charge is 2.46. The lowest BCUT2D eigenvalue weighted by molar-refractivity contribution is -0.149. The number of benzene rings is 1. The minimum Gasteiger partial charge on any atom is -0.274 e. The Morgan fingerprint density at radius 2 is 1.79 bits per heavy atom. The first-order chi connectivity index (χ1) is 9.02. The van der Waals surface area contributed by atoms with E-state index in [1.807, 2.05) is 30.3 Å². The summed E-state index contributed by atoms with van der Waals surface area (Å²) in [6.07, 6.45) is 1.33. The van der Waals surface area contributed by atoms with Crippen LogP contribution in [0.3, 0.4) is 0 Å². The maximum absolute atomic E-state index is 12.1. The van der Waals surface area contributed by atoms with Crippen LogP contribution in [0, 0.1) is 11.8 Å². The molecule has 4 heteroatoms. The Balaban J connectivity index is 2.07. The van der Waals surface area contributed by atoms with Gasteiger partial charge in [0.25, 0.3) is 0 Å². The van der Waals surface area contributed by atoms with Gasteiger partial charge in [-0.3, -0.25) is 14.4 Å². The molecule has 0 aromatic heterocycles. The van der Waals surface area contributed by atoms with Gasteiger partial charge in [-0.15, -0.1) is 0 Å². The first-order valence-electron chi connectivity index (χ1n) is 6.44. The van der Waals surface area contributed by atoms with Gasteiger partial charge in [-0.25, -0.2) is 4.90 Å². The molecule has 1 aliphatic rings. The van der Waals surface area contributed by atoms with Crippen molar-refractivity contribution >= 4 is 17.7 Å². The summed E-state index contributed by atoms with van der Waals surface area (Å²) in [5.41, 5.74) is 1.14. The highest BCUT2D eigenvalue weighted by molar-refractivity contribution is 6.16. The first kappa shape index (κ1) is 13.5. The van der Waals surface area contributed by atoms with E-state index in [9.17, 15) is 14.4 Å². The molecule has 2 unspecified atom stereocenters. The third-order valence-electron chi connectivity index (χ3n) is 3.65. The van der Waals surface area contributed by atoms with Gasteiger partial charge in [0.2, 0.25) is 17.7 Å². The topological polar surface area (TPSA) is 54.5 Å². The second-order valence-corrected chi connectivity index (χ2v) is 4.95. The predicted molar refractivity (Wildman–Crippen MR) is 70.0 cm³/mol. The molecule has 1 aliphatic heterocycles. The fourth-order valence-corrected chi connectivity index (χ4v) is 2.51. The summed E-state index contributed by atoms with van der Waals surface area (Å²) in [6.45, 7) is 2.97. The highest BCUT2D eigenvalue weighted by atomic mass is 16.2. The Labute approximate surface area is 112 Å². The van der Waals surface area contributed by atoms with Crippen LogP contribution in [0.4, 0.5) is 0 Å². The molecule has 2 rings (SSSR count). The molecule has 19 heavy (non-hydrogen) atoms. The van der Waals surface area contributed by atoms with Gasteiger partial charge < -0.3 is 0 Å². The number of hydrogen-bond donors (Lipinski definition) is 0. The van der Waals surface area contributed by atoms with Crippen LogP contribution in [-0.2, 0) is 20.8 Å². The normalized spacial score (nSPS) is 22.9. The standard InChI is InChI=1S/C15H17NO3/c1-10-13(9-8-12-6-4-3-5-7-12)15(19)16(11(2)17)14(10)18/h3-7,10,13H,8-9H2,1-2H3. The molecular formula is C15H17NO3. The van der Waals surface area contributed by atoms with Gasteiger partial charge in [-0.1, -0.05) is 37.3 Å². The van der Waals surface area contributed by atoms with Gasteiger partial charge in [-0.2, -0.15) is 0 Å². The smallest absolute Gasteiger partial charge is 0.239 e. The van der Waals surface area contributed by atoms with E-state index in [1.165, 1.54) is 6.92 Å². The molecule has 0 spiro atoms. The number of imide groups is 3. The molecule has 100 valence electrons. The van der Waals surface area contributed by atoms with Crippen LogP contribution in [0.2, 0.25) is 0 Å². The highest BCUT2D eigenvalue weighted by Crippen LogP contribution is 2.29. The van der Waals surface area contributed by atoms with Gasteiger partial charge in [-0.05, 0) is 18.4 Å². The molecule has 1 heterocycles. The fourth-order valence-electron chi connectivity index (χ4n) is 2.51. The van der Waals surface area contributed by atoms with Crippen LogP contribution < -0.4 is 0 Å². The minimum absolute atomic E-state index is 0.346. The van der Waals surface area contributed by atoms with Crippen molar-refractivity contribution in [3.63, 3.8) is 0 Å². The summed E-state index contributed by atoms with van der Waals surface area (Å²) >= 11 is 0. The third kappa shape index (κ3) is 2.57. The van der Waals surface area contributed by atoms with Gasteiger partial charge in [0.05, 0.1) is 5.92 Å². The molecule has 0 radical (unpaired) electrons. The van der Waals surface area contributed by atoms with Crippen molar-refractivity contribution in [2.75, 3.05) is 0 Å². The Hall–Kier alpha value is -1.97. The number of likely N-dealkylation sites (tertiary alicyclic amines) is 1. The quantitative estimate of drug-likeness (QED) is 0.778. The lowest BCUT2D eigenvalue weighted by atomic mass is 9.90. The van der Waals surface area contributed by atoms with E-state index in [1.54, 1.807) is 6.92 Å². The first-order valence-corrected chi connectivity index (χ1v) is 6.44. The number of hydrogen-bond acceptors (Lipinski definition) is 3. The Morgan fingerprint density at radius 3 is 2.32 bits per heavy atom. The van der Waals surface area contributed by atoms with E-state index in [4.69, 9.17) is 0 Å². The van der Waals surface area contributed by atoms with Crippen LogP contribution in [0.15, 0.2) is 30.3 Å². The van der Waals surface area contributed by atoms with Crippen LogP contribution in [0.5, 0.6) is 0 Å². The largest absolute Gasteiger partial charge is 0.274 e. The average molecular weight is 259 g/mol. The van der Waals surface area contributed by atoms with E-state index in [2.05, 4.69) is 0 Å². The number of nitrogens with zero attached hydrogens (tertiary/aromatic N) is 1. The summed E-state index contributed by atoms with van der Waals surface area (Å²) in [5.74, 6) is -1.97. The molecule has 0 bridgehead atoms. The second-order valence-electron chi connectivity index (χ2n) is 4.95. The molecule has 0 saturated carbocycles. The van der Waals surface area contributed by atoms with Crippen molar-refractivity contribution in [2.24, 2.45) is 11.8 Å². The van der Waals surface area contributed by atoms with Gasteiger partial charge in [0, 0.05) is 12.8 Å². The van der Waals surface area contributed by atoms with Crippen LogP contribution in [0.25, 0.3) is 0 Å². The molecule has 2 atom stereocenters. The van der Waals surface area contributed by atoms with Crippen LogP contribution >= 0.6 is 0 Å². The average Bonchev–Trinajstić information content (AvgIpc) is 2.60. The summed E-state index contributed by atoms with van der Waals surface area (Å²) < 4.78 is 0. The zero-order valence-electron chi connectivity index (χ0n) is 11.1. The second kappa shape index (κ2) is 5.34. The summed E-state index contributed by atoms with van der Waals surface area (Å²) in [5, 5.41) is 0. The molecule has 1 saturated heterocycles. The predicted octanol–water partition coefficient (Wildman–Crippen LogP) is 1.79. The number of aryl methyl sites for hydroxylation is 1. The number of amides is 3. The third-order valence-corrected chi connectivity index (χ3v) is 3.65. The van der Waals surface area contributed by atoms with Crippen molar-refractivity contribution in [3.8, 4) is 0 Å². The molecule has 0 N–H and O–H groups in total. The van der Waals surface area contributed by atoms with Crippen molar-refractivity contribution in [2.45, 2.75) is 26.7 Å². The molecule has 1 aromatic rings. The van der Waals surface area contributed by atoms with Gasteiger partial charge in [0.15, 0.2) is 0 Å². The molecule has 1 aromatic carbocycles. The summed E-state index contributed by atoms with van der Waals surface area (Å²) in [7, 11) is 0. The maximum Gasteiger partial charge on any atom is 0.239 e. The summed E-state index contributed by atoms with van der Waals surface area (Å²) in [6, 6.07) is 9.82. The molecule has 0 aliphatic carbocycles. The van der Waals surface area contributed by atoms with Gasteiger partial charge in [0.1, 0.15) is 0 Å². The summed E-state index contributed by atoms with van der Waals surface area (Å²) in [4.78, 5) is 36.0. The zero-order valence-corrected chi connectivity index (χ0v) is 11.1. The van der Waals surface area contributed by atoms with E-state index in [0.29, 0.717) is 6.42 Å². The maximum atomic E-state index is 12.1. The molecule has 3 amide bonds. The van der Waals surface area contributed by atoms with E-state index in [-0.39, 0.29) is 17.7 Å². The van der Waals surface area contributed by atoms with Crippen LogP contribution in [-0.4, -0.2) is 22.6 Å². The van der Waals surface area contributed by atoms with E-state index in [0.717, 1.165) is 16.9 Å². The Morgan fingerprint density at radius 1 is 1.16 bits per heavy atom. The van der Waals surface area contributed by atoms with Gasteiger partial charge >= 0.3 is 0 Å². The van der Waals surface area contributed by atoms with Crippen molar-refractivity contribution < 1.29 is 14.4 Å². The van der Waals surface area contributed by atoms with Crippen molar-refractivity contribution in [1.82, 2.24) is 4.90 Å². The number of carbonyl (C=O) groups excluding carboxylic acids is 3. The Kier molecular flexibility index (Phi) is 3.79. The van der Waals surface area contributed by atoms with Crippen LogP contribution in [0.1, 0.15) is 25.8 Å². The lowest BCUT2D eigenvalue weighted by Gasteiger charge is -2.11. The molecule has 4 nitrogen and oxygen atoms in total. The van der Waals surface area contributed by atoms with E-state index >= 15 is 0 Å². The molecular weight excluding hydrogens is 242 g/mol. The lowest BCUT2D eigenvalue weighted by Crippen LogP contribution is -2.35. The van der Waals surface area contributed by atoms with E-state index < -0.39 is 11.8 Å². The SMILES string of the molecule is CC(=O)N1C(=O)C(C)C(CCc2ccccc2)C1=O. The van der Waals surface area contributed by atoms with Crippen molar-refractivity contribution in [1.29, 1.82) is 0 Å². The zero-order chi connectivity index (χ0) is 14.0. The minimum atomic E-state index is -0.482. The monoisotopic (exact) mass is 259 g/mol. The number of rotatable bonds is 3. The fraction of sp³-hybridized carbons (Fsp3) is 0.400. The molecule has 1 fully saturated rings. The number of carbonyl (C=O) groups is 3. The Bertz CT molecular complexity index is 509. The van der Waals surface area contributed by atoms with Crippen molar-refractivity contribution in [3.05, 3.63) is 35.9 Å².